The molecule has 0 saturated heterocycles. The highest BCUT2D eigenvalue weighted by Gasteiger charge is 2.26. The molecule has 5 heteroatoms. The molecule has 0 spiro atoms. The lowest BCUT2D eigenvalue weighted by Gasteiger charge is -2.13. The first-order valence-electron chi connectivity index (χ1n) is 4.32. The molecule has 0 aromatic carbocycles. The lowest BCUT2D eigenvalue weighted by atomic mass is 10.3. The summed E-state index contributed by atoms with van der Waals surface area (Å²) in [7, 11) is 0. The summed E-state index contributed by atoms with van der Waals surface area (Å²) in [6.45, 7) is -0.934. The van der Waals surface area contributed by atoms with E-state index in [1.807, 2.05) is 17.5 Å². The van der Waals surface area contributed by atoms with Gasteiger partial charge in [-0.15, -0.1) is 11.3 Å². The molecule has 0 unspecified atom stereocenters. The molecule has 0 saturated carbocycles. The average Bonchev–Trinajstić information content (AvgIpc) is 2.65. The highest BCUT2D eigenvalue weighted by atomic mass is 32.1. The number of thiophene rings is 1. The Labute approximate surface area is 85.7 Å². The number of ether oxygens (including phenoxy) is 1. The molecule has 0 aliphatic rings. The summed E-state index contributed by atoms with van der Waals surface area (Å²) in [6.07, 6.45) is 0.679. The van der Waals surface area contributed by atoms with Crippen molar-refractivity contribution in [2.45, 2.75) is 12.3 Å². The van der Waals surface area contributed by atoms with Crippen molar-refractivity contribution >= 4 is 11.3 Å². The van der Waals surface area contributed by atoms with E-state index in [1.165, 1.54) is 0 Å². The lowest BCUT2D eigenvalue weighted by molar-refractivity contribution is -0.0685. The van der Waals surface area contributed by atoms with E-state index >= 15 is 0 Å². The molecule has 0 bridgehead atoms. The average molecular weight is 221 g/mol. The predicted octanol–water partition coefficient (Wildman–Crippen LogP) is 1.90. The van der Waals surface area contributed by atoms with Gasteiger partial charge >= 0.3 is 0 Å². The van der Waals surface area contributed by atoms with E-state index in [2.05, 4.69) is 0 Å². The molecule has 1 heterocycles. The molecule has 14 heavy (non-hydrogen) atoms. The molecule has 1 rings (SSSR count). The Bertz CT molecular complexity index is 251. The minimum atomic E-state index is -2.89. The van der Waals surface area contributed by atoms with Gasteiger partial charge in [0.05, 0.1) is 13.2 Å². The van der Waals surface area contributed by atoms with Crippen LogP contribution >= 0.6 is 11.3 Å². The van der Waals surface area contributed by atoms with Crippen molar-refractivity contribution < 1.29 is 13.5 Å². The Hall–Kier alpha value is -0.520. The van der Waals surface area contributed by atoms with Crippen molar-refractivity contribution in [3.05, 3.63) is 22.4 Å². The summed E-state index contributed by atoms with van der Waals surface area (Å²) in [4.78, 5) is 1.14. The van der Waals surface area contributed by atoms with Gasteiger partial charge in [0, 0.05) is 11.3 Å². The second-order valence-corrected chi connectivity index (χ2v) is 3.97. The normalized spacial score (nSPS) is 11.9. The van der Waals surface area contributed by atoms with Gasteiger partial charge in [-0.3, -0.25) is 0 Å². The van der Waals surface area contributed by atoms with Gasteiger partial charge in [-0.1, -0.05) is 6.07 Å². The predicted molar refractivity (Wildman–Crippen MR) is 52.8 cm³/mol. The fourth-order valence-corrected chi connectivity index (χ4v) is 1.60. The van der Waals surface area contributed by atoms with Crippen LogP contribution in [0.4, 0.5) is 8.78 Å². The van der Waals surface area contributed by atoms with E-state index in [1.54, 1.807) is 11.3 Å². The number of alkyl halides is 2. The van der Waals surface area contributed by atoms with Crippen LogP contribution in [0.5, 0.6) is 0 Å². The smallest absolute Gasteiger partial charge is 0.282 e. The molecule has 1 aromatic heterocycles. The van der Waals surface area contributed by atoms with Crippen molar-refractivity contribution in [1.82, 2.24) is 0 Å². The quantitative estimate of drug-likeness (QED) is 0.745. The third kappa shape index (κ3) is 4.13. The number of hydrogen-bond acceptors (Lipinski definition) is 3. The summed E-state index contributed by atoms with van der Waals surface area (Å²) in [5.41, 5.74) is 4.86. The van der Waals surface area contributed by atoms with Gasteiger partial charge in [0.1, 0.15) is 6.61 Å². The molecule has 80 valence electrons. The summed E-state index contributed by atoms with van der Waals surface area (Å²) in [5, 5.41) is 1.95. The van der Waals surface area contributed by atoms with Crippen LogP contribution < -0.4 is 5.73 Å². The summed E-state index contributed by atoms with van der Waals surface area (Å²) >= 11 is 1.59. The molecular formula is C9H13F2NOS. The fraction of sp³-hybridized carbons (Fsp3) is 0.556. The third-order valence-electron chi connectivity index (χ3n) is 1.68. The highest BCUT2D eigenvalue weighted by molar-refractivity contribution is 7.09. The molecule has 0 amide bonds. The monoisotopic (exact) mass is 221 g/mol. The van der Waals surface area contributed by atoms with Crippen LogP contribution in [0.3, 0.4) is 0 Å². The first kappa shape index (κ1) is 11.6. The van der Waals surface area contributed by atoms with E-state index in [-0.39, 0.29) is 0 Å². The van der Waals surface area contributed by atoms with E-state index in [4.69, 9.17) is 10.5 Å². The Morgan fingerprint density at radius 3 is 2.86 bits per heavy atom. The van der Waals surface area contributed by atoms with Gasteiger partial charge < -0.3 is 10.5 Å². The highest BCUT2D eigenvalue weighted by Crippen LogP contribution is 2.12. The standard InChI is InChI=1S/C9H13F2NOS/c10-9(11,6-12)7-13-4-3-8-2-1-5-14-8/h1-2,5H,3-4,6-7,12H2. The Morgan fingerprint density at radius 1 is 1.50 bits per heavy atom. The minimum Gasteiger partial charge on any atom is -0.375 e. The van der Waals surface area contributed by atoms with Crippen LogP contribution in [0.1, 0.15) is 4.88 Å². The second-order valence-electron chi connectivity index (χ2n) is 2.94. The molecule has 0 atom stereocenters. The van der Waals surface area contributed by atoms with Crippen LogP contribution in [0.2, 0.25) is 0 Å². The Morgan fingerprint density at radius 2 is 2.29 bits per heavy atom. The molecular weight excluding hydrogens is 208 g/mol. The largest absolute Gasteiger partial charge is 0.375 e. The van der Waals surface area contributed by atoms with Gasteiger partial charge in [-0.2, -0.15) is 0 Å². The molecule has 0 aliphatic carbocycles. The Balaban J connectivity index is 2.11. The van der Waals surface area contributed by atoms with E-state index < -0.39 is 19.1 Å². The van der Waals surface area contributed by atoms with Crippen LogP contribution in [-0.2, 0) is 11.2 Å². The maximum absolute atomic E-state index is 12.6. The van der Waals surface area contributed by atoms with Crippen molar-refractivity contribution in [3.63, 3.8) is 0 Å². The van der Waals surface area contributed by atoms with Crippen LogP contribution in [0.15, 0.2) is 17.5 Å². The van der Waals surface area contributed by atoms with Crippen LogP contribution in [-0.4, -0.2) is 25.7 Å². The van der Waals surface area contributed by atoms with Crippen LogP contribution in [0, 0.1) is 0 Å². The molecule has 0 fully saturated rings. The minimum absolute atomic E-state index is 0.316. The number of halogens is 2. The lowest BCUT2D eigenvalue weighted by Crippen LogP contribution is -2.33. The maximum Gasteiger partial charge on any atom is 0.282 e. The van der Waals surface area contributed by atoms with E-state index in [0.717, 1.165) is 4.88 Å². The zero-order chi connectivity index (χ0) is 10.4. The summed E-state index contributed by atoms with van der Waals surface area (Å²) in [5.74, 6) is -2.89. The van der Waals surface area contributed by atoms with Crippen molar-refractivity contribution in [2.24, 2.45) is 5.73 Å². The van der Waals surface area contributed by atoms with Gasteiger partial charge in [0.25, 0.3) is 5.92 Å². The topological polar surface area (TPSA) is 35.2 Å². The molecule has 2 N–H and O–H groups in total. The maximum atomic E-state index is 12.6. The zero-order valence-corrected chi connectivity index (χ0v) is 8.53. The summed E-state index contributed by atoms with van der Waals surface area (Å²) in [6, 6.07) is 3.88. The number of hydrogen-bond donors (Lipinski definition) is 1. The van der Waals surface area contributed by atoms with Gasteiger partial charge in [0.2, 0.25) is 0 Å². The first-order valence-corrected chi connectivity index (χ1v) is 5.20. The van der Waals surface area contributed by atoms with E-state index in [9.17, 15) is 8.78 Å². The molecule has 0 aliphatic heterocycles. The number of rotatable bonds is 6. The van der Waals surface area contributed by atoms with Crippen LogP contribution in [0.25, 0.3) is 0 Å². The second kappa shape index (κ2) is 5.38. The fourth-order valence-electron chi connectivity index (χ4n) is 0.908. The SMILES string of the molecule is NCC(F)(F)COCCc1cccs1. The third-order valence-corrected chi connectivity index (χ3v) is 2.62. The summed E-state index contributed by atoms with van der Waals surface area (Å²) < 4.78 is 30.0. The van der Waals surface area contributed by atoms with Crippen molar-refractivity contribution in [3.8, 4) is 0 Å². The van der Waals surface area contributed by atoms with Crippen molar-refractivity contribution in [2.75, 3.05) is 19.8 Å². The molecule has 2 nitrogen and oxygen atoms in total. The van der Waals surface area contributed by atoms with E-state index in [0.29, 0.717) is 13.0 Å². The Kier molecular flexibility index (Phi) is 4.44. The first-order chi connectivity index (χ1) is 6.64. The van der Waals surface area contributed by atoms with Gasteiger partial charge in [0.15, 0.2) is 0 Å². The van der Waals surface area contributed by atoms with Gasteiger partial charge in [-0.25, -0.2) is 8.78 Å². The van der Waals surface area contributed by atoms with Gasteiger partial charge in [-0.05, 0) is 11.4 Å². The number of nitrogens with two attached hydrogens (primary N) is 1. The zero-order valence-electron chi connectivity index (χ0n) is 7.71. The molecule has 0 radical (unpaired) electrons. The van der Waals surface area contributed by atoms with Crippen molar-refractivity contribution in [1.29, 1.82) is 0 Å². The molecule has 1 aromatic rings.